The van der Waals surface area contributed by atoms with Crippen molar-refractivity contribution in [1.82, 2.24) is 14.1 Å². The van der Waals surface area contributed by atoms with Gasteiger partial charge in [-0.1, -0.05) is 255 Å². The van der Waals surface area contributed by atoms with Gasteiger partial charge in [0.15, 0.2) is 8.07 Å². The molecule has 436 valence electrons. The highest BCUT2D eigenvalue weighted by atomic mass is 28.3. The summed E-state index contributed by atoms with van der Waals surface area (Å²) < 4.78 is 59.2. The quantitative estimate of drug-likeness (QED) is 0.0625. The Morgan fingerprint density at radius 2 is 1.07 bits per heavy atom. The average Bonchev–Trinajstić information content (AvgIpc) is 1.71. The number of rotatable bonds is 9. The summed E-state index contributed by atoms with van der Waals surface area (Å²) in [4.78, 5) is 5.12. The predicted molar refractivity (Wildman–Crippen MR) is 375 cm³/mol. The molecule has 4 heterocycles. The predicted octanol–water partition coefficient (Wildman–Crippen LogP) is 18.0. The molecule has 0 N–H and O–H groups in total. The van der Waals surface area contributed by atoms with Crippen molar-refractivity contribution in [2.24, 2.45) is 0 Å². The van der Waals surface area contributed by atoms with Gasteiger partial charge >= 0.3 is 0 Å². The molecule has 3 aromatic heterocycles. The Bertz CT molecular complexity index is 5330. The van der Waals surface area contributed by atoms with E-state index in [-0.39, 0.29) is 33.9 Å². The lowest BCUT2D eigenvalue weighted by atomic mass is 9.62. The van der Waals surface area contributed by atoms with E-state index in [2.05, 4.69) is 275 Å². The molecular weight excluding hydrogens is 1110 g/mol. The smallest absolute Gasteiger partial charge is 0.269 e. The number of para-hydroxylation sites is 2. The zero-order valence-corrected chi connectivity index (χ0v) is 52.7. The molecule has 0 fully saturated rings. The van der Waals surface area contributed by atoms with E-state index >= 15 is 0 Å². The molecule has 14 aromatic rings. The third-order valence-electron chi connectivity index (χ3n) is 19.4. The van der Waals surface area contributed by atoms with Gasteiger partial charge < -0.3 is 4.74 Å². The van der Waals surface area contributed by atoms with Gasteiger partial charge in [0.1, 0.15) is 17.3 Å². The van der Waals surface area contributed by atoms with Crippen LogP contribution in [0.3, 0.4) is 0 Å². The second kappa shape index (κ2) is 21.0. The first-order chi connectivity index (χ1) is 45.8. The van der Waals surface area contributed by atoms with E-state index in [1.54, 1.807) is 0 Å². The number of nitrogens with zero attached hydrogens (tertiary/aromatic N) is 4. The highest BCUT2D eigenvalue weighted by Crippen LogP contribution is 2.52. The number of fused-ring (bicyclic) bond motifs is 11. The van der Waals surface area contributed by atoms with Crippen LogP contribution in [0.5, 0.6) is 11.5 Å². The van der Waals surface area contributed by atoms with Crippen molar-refractivity contribution >= 4 is 61.7 Å². The zero-order chi connectivity index (χ0) is 65.4. The fourth-order valence-electron chi connectivity index (χ4n) is 14.8. The van der Waals surface area contributed by atoms with E-state index < -0.39 is 26.2 Å². The Morgan fingerprint density at radius 1 is 0.489 bits per heavy atom. The molecule has 5 nitrogen and oxygen atoms in total. The fraction of sp³-hybridized carbons (Fsp3) is 0.143. The highest BCUT2D eigenvalue weighted by molar-refractivity contribution is 7.20. The van der Waals surface area contributed by atoms with E-state index in [1.165, 1.54) is 37.4 Å². The Kier molecular flexibility index (Phi) is 11.6. The molecule has 0 saturated heterocycles. The number of imidazole rings is 1. The Labute approximate surface area is 535 Å². The summed E-state index contributed by atoms with van der Waals surface area (Å²) in [6.07, 6.45) is 7.86. The van der Waals surface area contributed by atoms with Crippen LogP contribution in [0.2, 0.25) is 0 Å². The molecule has 2 aliphatic rings. The van der Waals surface area contributed by atoms with Crippen LogP contribution in [-0.2, 0) is 16.2 Å². The van der Waals surface area contributed by atoms with Crippen molar-refractivity contribution in [2.45, 2.75) is 77.6 Å². The minimum absolute atomic E-state index is 0.0913. The normalized spacial score (nSPS) is 14.8. The Morgan fingerprint density at radius 3 is 1.73 bits per heavy atom. The van der Waals surface area contributed by atoms with Gasteiger partial charge in [0.05, 0.1) is 40.3 Å². The first-order valence-corrected chi connectivity index (χ1v) is 33.3. The number of pyridine rings is 1. The standard InChI is InChI=1S/C84H70N4OSi/c1-82(2,3)57-45-48-85-79(49-57)88-76-44-42-64(90(61-29-14-9-15-30-61,62-31-16-10-17-32-62)63-33-18-11-19-34-63)52-73(76)68-43-41-60(51-78(68)88)89-59-28-22-27-58(50-59)86-55-87-80-65(56-25-12-8-13-26-56)37-23-38-70(80)72-54-75-74(83(4,5)46-47-84(75,6)7)53-71(72)67-36-21-20-35-66(67)69-39-24-40-77(86)81(69)87/h8-45,48-54H,46-47H2,1-7H3/i8D,12D,13D,25D,26D. The minimum atomic E-state index is -2.91. The first kappa shape index (κ1) is 49.8. The summed E-state index contributed by atoms with van der Waals surface area (Å²) in [5.74, 6) is 2.08. The van der Waals surface area contributed by atoms with E-state index in [0.29, 0.717) is 22.7 Å². The van der Waals surface area contributed by atoms with Gasteiger partial charge in [-0.25, -0.2) is 4.98 Å². The number of aromatic nitrogens is 4. The molecule has 1 aliphatic heterocycles. The highest BCUT2D eigenvalue weighted by Gasteiger charge is 2.42. The molecule has 0 unspecified atom stereocenters. The summed E-state index contributed by atoms with van der Waals surface area (Å²) in [6, 6.07) is 83.1. The van der Waals surface area contributed by atoms with Crippen molar-refractivity contribution in [2.75, 3.05) is 0 Å². The molecule has 0 saturated carbocycles. The number of hydrogen-bond acceptors (Lipinski definition) is 2. The second-order valence-corrected chi connectivity index (χ2v) is 30.6. The lowest BCUT2D eigenvalue weighted by molar-refractivity contribution is -0.570. The second-order valence-electron chi connectivity index (χ2n) is 26.7. The molecule has 0 bridgehead atoms. The fourth-order valence-corrected chi connectivity index (χ4v) is 19.5. The number of benzene rings is 11. The Hall–Kier alpha value is -10.1. The molecule has 1 aliphatic carbocycles. The maximum absolute atomic E-state index is 9.51. The van der Waals surface area contributed by atoms with E-state index in [0.717, 1.165) is 90.6 Å². The van der Waals surface area contributed by atoms with Crippen molar-refractivity contribution in [3.8, 4) is 73.2 Å². The lowest BCUT2D eigenvalue weighted by Crippen LogP contribution is -2.74. The van der Waals surface area contributed by atoms with Gasteiger partial charge in [-0.2, -0.15) is 0 Å². The van der Waals surface area contributed by atoms with Crippen LogP contribution in [0, 0.1) is 6.33 Å². The van der Waals surface area contributed by atoms with Crippen LogP contribution in [0.1, 0.15) is 84.9 Å². The molecular formula is C84H70N4OSi. The van der Waals surface area contributed by atoms with Crippen molar-refractivity contribution in [1.29, 1.82) is 0 Å². The molecule has 11 aromatic carbocycles. The van der Waals surface area contributed by atoms with Crippen molar-refractivity contribution < 1.29 is 16.2 Å². The molecule has 0 spiro atoms. The van der Waals surface area contributed by atoms with Crippen molar-refractivity contribution in [3.05, 3.63) is 296 Å². The molecule has 0 radical (unpaired) electrons. The molecule has 16 rings (SSSR count). The van der Waals surface area contributed by atoms with E-state index in [1.807, 2.05) is 36.5 Å². The van der Waals surface area contributed by atoms with Gasteiger partial charge in [0, 0.05) is 23.0 Å². The van der Waals surface area contributed by atoms with Crippen LogP contribution in [-0.4, -0.2) is 22.2 Å². The number of hydrogen-bond donors (Lipinski definition) is 0. The summed E-state index contributed by atoms with van der Waals surface area (Å²) in [5.41, 5.74) is 15.1. The van der Waals surface area contributed by atoms with Gasteiger partial charge in [0.2, 0.25) is 0 Å². The maximum Gasteiger partial charge on any atom is 0.269 e. The van der Waals surface area contributed by atoms with E-state index in [4.69, 9.17) is 13.8 Å². The van der Waals surface area contributed by atoms with Gasteiger partial charge in [-0.3, -0.25) is 13.7 Å². The van der Waals surface area contributed by atoms with Crippen LogP contribution >= 0.6 is 0 Å². The molecule has 6 heteroatoms. The minimum Gasteiger partial charge on any atom is -0.458 e. The van der Waals surface area contributed by atoms with E-state index in [9.17, 15) is 2.74 Å². The zero-order valence-electron chi connectivity index (χ0n) is 56.7. The average molecular weight is 1180 g/mol. The van der Waals surface area contributed by atoms with Gasteiger partial charge in [-0.05, 0) is 166 Å². The van der Waals surface area contributed by atoms with Crippen LogP contribution < -0.4 is 30.1 Å². The van der Waals surface area contributed by atoms with Gasteiger partial charge in [-0.15, -0.1) is 0 Å². The van der Waals surface area contributed by atoms with Crippen molar-refractivity contribution in [3.63, 3.8) is 0 Å². The first-order valence-electron chi connectivity index (χ1n) is 33.8. The number of ether oxygens (including phenoxy) is 1. The summed E-state index contributed by atoms with van der Waals surface area (Å²) in [6.45, 7) is 16.1. The lowest BCUT2D eigenvalue weighted by Gasteiger charge is -2.42. The van der Waals surface area contributed by atoms with Crippen LogP contribution in [0.4, 0.5) is 0 Å². The molecule has 90 heavy (non-hydrogen) atoms. The van der Waals surface area contributed by atoms with Crippen LogP contribution in [0.25, 0.3) is 94.5 Å². The largest absolute Gasteiger partial charge is 0.458 e. The monoisotopic (exact) mass is 1180 g/mol. The van der Waals surface area contributed by atoms with Crippen LogP contribution in [0.15, 0.2) is 273 Å². The Balaban J connectivity index is 0.893. The third-order valence-corrected chi connectivity index (χ3v) is 24.2. The third kappa shape index (κ3) is 8.86. The summed E-state index contributed by atoms with van der Waals surface area (Å²) in [5, 5.41) is 7.38. The SMILES string of the molecule is [2H]c1c([2H])c([2H])c(-c2cccc3c2-[n+]2[c-]n(-c4cccc(Oc5ccc6c7cc([Si](c8ccccc8)(c8ccccc8)c8ccccc8)ccc7n(-c7cc(C(C)(C)C)ccn7)c6c5)c4)c4cccc(c42)-c2ccccc2-c2cc4c(cc2-3)C(C)(C)CCC4(C)C)c([2H])c1[2H]. The van der Waals surface area contributed by atoms with Gasteiger partial charge in [0.25, 0.3) is 6.33 Å². The summed E-state index contributed by atoms with van der Waals surface area (Å²) >= 11 is 0. The maximum atomic E-state index is 9.51. The molecule has 0 atom stereocenters. The topological polar surface area (TPSA) is 35.9 Å². The molecule has 0 amide bonds. The summed E-state index contributed by atoms with van der Waals surface area (Å²) in [7, 11) is -2.91.